The molecule has 2 atom stereocenters. The third kappa shape index (κ3) is 7.07. The van der Waals surface area contributed by atoms with Gasteiger partial charge in [0, 0.05) is 32.7 Å². The third-order valence-corrected chi connectivity index (χ3v) is 4.75. The molecule has 2 aromatic carbocycles. The molecule has 2 N–H and O–H groups in total. The Morgan fingerprint density at radius 1 is 1.07 bits per heavy atom. The van der Waals surface area contributed by atoms with Gasteiger partial charge in [-0.1, -0.05) is 60.7 Å². The van der Waals surface area contributed by atoms with Crippen molar-refractivity contribution >= 4 is 29.9 Å². The highest BCUT2D eigenvalue weighted by Crippen LogP contribution is 2.33. The average Bonchev–Trinajstić information content (AvgIpc) is 3.20. The van der Waals surface area contributed by atoms with Crippen LogP contribution in [0.5, 0.6) is 0 Å². The van der Waals surface area contributed by atoms with Crippen molar-refractivity contribution in [3.63, 3.8) is 0 Å². The molecule has 1 heterocycles. The topological polar surface area (TPSA) is 54.9 Å². The summed E-state index contributed by atoms with van der Waals surface area (Å²) in [4.78, 5) is 4.30. The van der Waals surface area contributed by atoms with E-state index in [2.05, 4.69) is 52.0 Å². The summed E-state index contributed by atoms with van der Waals surface area (Å²) in [7, 11) is 1.79. The molecule has 0 aliphatic carbocycles. The van der Waals surface area contributed by atoms with Gasteiger partial charge in [0.25, 0.3) is 0 Å². The zero-order chi connectivity index (χ0) is 18.7. The van der Waals surface area contributed by atoms with Crippen molar-refractivity contribution in [1.82, 2.24) is 10.6 Å². The largest absolute Gasteiger partial charge is 0.375 e. The number of nitrogens with zero attached hydrogens (tertiary/aromatic N) is 1. The van der Waals surface area contributed by atoms with E-state index in [0.29, 0.717) is 19.1 Å². The Morgan fingerprint density at radius 3 is 2.50 bits per heavy atom. The van der Waals surface area contributed by atoms with Crippen LogP contribution in [0.1, 0.15) is 23.7 Å². The first-order valence-electron chi connectivity index (χ1n) is 9.59. The first-order valence-corrected chi connectivity index (χ1v) is 9.59. The predicted octanol–water partition coefficient (Wildman–Crippen LogP) is 3.76. The van der Waals surface area contributed by atoms with Crippen LogP contribution in [0.25, 0.3) is 0 Å². The zero-order valence-electron chi connectivity index (χ0n) is 16.3. The molecular formula is C22H30IN3O2. The number of halogens is 1. The van der Waals surface area contributed by atoms with Gasteiger partial charge >= 0.3 is 0 Å². The van der Waals surface area contributed by atoms with Gasteiger partial charge in [0.1, 0.15) is 0 Å². The zero-order valence-corrected chi connectivity index (χ0v) is 18.7. The fourth-order valence-corrected chi connectivity index (χ4v) is 3.31. The molecule has 3 rings (SSSR count). The van der Waals surface area contributed by atoms with Gasteiger partial charge in [-0.05, 0) is 17.5 Å². The maximum atomic E-state index is 5.95. The fraction of sp³-hybridized carbons (Fsp3) is 0.409. The maximum absolute atomic E-state index is 5.95. The van der Waals surface area contributed by atoms with Gasteiger partial charge in [-0.15, -0.1) is 24.0 Å². The Morgan fingerprint density at radius 2 is 1.79 bits per heavy atom. The molecule has 0 bridgehead atoms. The first kappa shape index (κ1) is 22.6. The summed E-state index contributed by atoms with van der Waals surface area (Å²) in [6.07, 6.45) is 1.22. The van der Waals surface area contributed by atoms with Crippen molar-refractivity contribution in [2.24, 2.45) is 10.9 Å². The van der Waals surface area contributed by atoms with Crippen molar-refractivity contribution in [2.45, 2.75) is 19.1 Å². The lowest BCUT2D eigenvalue weighted by Crippen LogP contribution is -2.41. The van der Waals surface area contributed by atoms with Crippen LogP contribution in [-0.2, 0) is 16.1 Å². The highest BCUT2D eigenvalue weighted by molar-refractivity contribution is 14.0. The fourth-order valence-electron chi connectivity index (χ4n) is 3.31. The quantitative estimate of drug-likeness (QED) is 0.254. The van der Waals surface area contributed by atoms with Crippen LogP contribution in [0, 0.1) is 5.92 Å². The summed E-state index contributed by atoms with van der Waals surface area (Å²) in [5, 5.41) is 6.73. The number of hydrogen-bond donors (Lipinski definition) is 2. The highest BCUT2D eigenvalue weighted by atomic mass is 127. The lowest BCUT2D eigenvalue weighted by Gasteiger charge is -2.20. The van der Waals surface area contributed by atoms with E-state index in [-0.39, 0.29) is 30.1 Å². The molecule has 5 nitrogen and oxygen atoms in total. The summed E-state index contributed by atoms with van der Waals surface area (Å²) in [5.74, 6) is 1.25. The van der Waals surface area contributed by atoms with Crippen LogP contribution in [0.4, 0.5) is 0 Å². The minimum Gasteiger partial charge on any atom is -0.375 e. The maximum Gasteiger partial charge on any atom is 0.191 e. The van der Waals surface area contributed by atoms with Gasteiger partial charge in [0.05, 0.1) is 19.3 Å². The van der Waals surface area contributed by atoms with Gasteiger partial charge < -0.3 is 20.1 Å². The molecule has 1 saturated heterocycles. The molecule has 152 valence electrons. The van der Waals surface area contributed by atoms with Crippen LogP contribution in [-0.4, -0.2) is 39.3 Å². The summed E-state index contributed by atoms with van der Waals surface area (Å²) in [6, 6.07) is 20.7. The Kier molecular flexibility index (Phi) is 10.3. The molecule has 2 aromatic rings. The van der Waals surface area contributed by atoms with E-state index in [0.717, 1.165) is 32.1 Å². The van der Waals surface area contributed by atoms with Crippen molar-refractivity contribution < 1.29 is 9.47 Å². The first-order chi connectivity index (χ1) is 13.4. The van der Waals surface area contributed by atoms with E-state index in [1.54, 1.807) is 7.05 Å². The van der Waals surface area contributed by atoms with Crippen molar-refractivity contribution in [2.75, 3.05) is 33.4 Å². The predicted molar refractivity (Wildman–Crippen MR) is 124 cm³/mol. The van der Waals surface area contributed by atoms with Crippen LogP contribution < -0.4 is 10.6 Å². The van der Waals surface area contributed by atoms with E-state index >= 15 is 0 Å². The van der Waals surface area contributed by atoms with Crippen molar-refractivity contribution in [3.8, 4) is 0 Å². The average molecular weight is 495 g/mol. The molecule has 0 saturated carbocycles. The molecule has 28 heavy (non-hydrogen) atoms. The monoisotopic (exact) mass is 495 g/mol. The smallest absolute Gasteiger partial charge is 0.191 e. The van der Waals surface area contributed by atoms with E-state index in [1.807, 2.05) is 24.3 Å². The number of nitrogens with one attached hydrogen (secondary N) is 2. The second-order valence-electron chi connectivity index (χ2n) is 6.67. The Bertz CT molecular complexity index is 697. The Labute approximate surface area is 184 Å². The van der Waals surface area contributed by atoms with Crippen molar-refractivity contribution in [3.05, 3.63) is 71.8 Å². The van der Waals surface area contributed by atoms with Crippen LogP contribution in [0.15, 0.2) is 65.7 Å². The van der Waals surface area contributed by atoms with Crippen LogP contribution in [0.3, 0.4) is 0 Å². The van der Waals surface area contributed by atoms with Gasteiger partial charge in [0.2, 0.25) is 0 Å². The minimum atomic E-state index is 0. The number of rotatable bonds is 8. The van der Waals surface area contributed by atoms with Crippen LogP contribution in [0.2, 0.25) is 0 Å². The van der Waals surface area contributed by atoms with Crippen molar-refractivity contribution in [1.29, 1.82) is 0 Å². The molecule has 6 heteroatoms. The lowest BCUT2D eigenvalue weighted by molar-refractivity contribution is 0.0914. The molecule has 0 amide bonds. The molecule has 0 spiro atoms. The van der Waals surface area contributed by atoms with E-state index in [9.17, 15) is 0 Å². The van der Waals surface area contributed by atoms with Gasteiger partial charge in [0.15, 0.2) is 5.96 Å². The highest BCUT2D eigenvalue weighted by Gasteiger charge is 2.29. The minimum absolute atomic E-state index is 0. The van der Waals surface area contributed by atoms with Gasteiger partial charge in [-0.3, -0.25) is 4.99 Å². The number of benzene rings is 2. The number of aliphatic imine (C=N–C) groups is 1. The summed E-state index contributed by atoms with van der Waals surface area (Å²) < 4.78 is 11.7. The van der Waals surface area contributed by atoms with Crippen LogP contribution >= 0.6 is 24.0 Å². The normalized spacial score (nSPS) is 19.1. The Hall–Kier alpha value is -1.64. The second kappa shape index (κ2) is 12.7. The standard InChI is InChI=1S/C22H29N3O2.HI/c1-23-22(24-13-15-26-17-18-8-4-2-5-9-18)25-16-20-12-14-27-21(20)19-10-6-3-7-11-19;/h2-11,20-21H,12-17H2,1H3,(H2,23,24,25);1H. The number of ether oxygens (including phenoxy) is 2. The lowest BCUT2D eigenvalue weighted by atomic mass is 9.95. The van der Waals surface area contributed by atoms with E-state index in [4.69, 9.17) is 9.47 Å². The molecule has 1 aliphatic rings. The second-order valence-corrected chi connectivity index (χ2v) is 6.67. The SMILES string of the molecule is CN=C(NCCOCc1ccccc1)NCC1CCOC1c1ccccc1.I. The molecule has 1 aliphatic heterocycles. The van der Waals surface area contributed by atoms with E-state index < -0.39 is 0 Å². The van der Waals surface area contributed by atoms with E-state index in [1.165, 1.54) is 11.1 Å². The molecule has 0 aromatic heterocycles. The molecule has 1 fully saturated rings. The Balaban J connectivity index is 0.00000280. The third-order valence-electron chi connectivity index (χ3n) is 4.75. The molecule has 0 radical (unpaired) electrons. The molecule has 2 unspecified atom stereocenters. The summed E-state index contributed by atoms with van der Waals surface area (Å²) in [5.41, 5.74) is 2.44. The molecular weight excluding hydrogens is 465 g/mol. The summed E-state index contributed by atoms with van der Waals surface area (Å²) >= 11 is 0. The van der Waals surface area contributed by atoms with Gasteiger partial charge in [-0.25, -0.2) is 0 Å². The summed E-state index contributed by atoms with van der Waals surface area (Å²) in [6.45, 7) is 3.63. The number of guanidine groups is 1. The van der Waals surface area contributed by atoms with Gasteiger partial charge in [-0.2, -0.15) is 0 Å². The number of hydrogen-bond acceptors (Lipinski definition) is 3.